The Labute approximate surface area is 319 Å². The van der Waals surface area contributed by atoms with Crippen molar-refractivity contribution in [3.8, 4) is 0 Å². The zero-order valence-electron chi connectivity index (χ0n) is 31.9. The van der Waals surface area contributed by atoms with Crippen molar-refractivity contribution in [3.05, 3.63) is 149 Å². The van der Waals surface area contributed by atoms with Gasteiger partial charge in [-0.3, -0.25) is 4.57 Å². The lowest BCUT2D eigenvalue weighted by atomic mass is 9.67. The van der Waals surface area contributed by atoms with Crippen molar-refractivity contribution >= 4 is 45.4 Å². The molecule has 2 aliphatic heterocycles. The third-order valence-electron chi connectivity index (χ3n) is 13.7. The molecule has 7 atom stereocenters. The zero-order valence-corrected chi connectivity index (χ0v) is 32.7. The van der Waals surface area contributed by atoms with Crippen LogP contribution in [0.3, 0.4) is 0 Å². The molecule has 0 bridgehead atoms. The summed E-state index contributed by atoms with van der Waals surface area (Å²) in [5, 5.41) is 7.51. The minimum Gasteiger partial charge on any atom is -0.269 e. The van der Waals surface area contributed by atoms with Gasteiger partial charge in [0.2, 0.25) is 0 Å². The molecule has 0 spiro atoms. The second kappa shape index (κ2) is 11.9. The number of hydrogen-bond donors (Lipinski definition) is 2. The molecule has 5 aliphatic carbocycles. The number of benzene rings is 2. The number of aromatic nitrogens is 1. The van der Waals surface area contributed by atoms with Crippen molar-refractivity contribution in [2.75, 3.05) is 0 Å². The molecule has 0 saturated carbocycles. The molecule has 268 valence electrons. The predicted molar refractivity (Wildman–Crippen MR) is 226 cm³/mol. The van der Waals surface area contributed by atoms with Gasteiger partial charge in [0.15, 0.2) is 5.71 Å². The lowest BCUT2D eigenvalue weighted by Crippen LogP contribution is -2.85. The fraction of sp³-hybridized carbons (Fsp3) is 0.367. The van der Waals surface area contributed by atoms with Crippen molar-refractivity contribution in [3.63, 3.8) is 0 Å². The van der Waals surface area contributed by atoms with Gasteiger partial charge in [0.1, 0.15) is 0 Å². The monoisotopic (exact) mass is 714 g/mol. The van der Waals surface area contributed by atoms with Crippen molar-refractivity contribution in [1.29, 1.82) is 0 Å². The van der Waals surface area contributed by atoms with E-state index < -0.39 is 0 Å². The van der Waals surface area contributed by atoms with E-state index in [4.69, 9.17) is 0 Å². The van der Waals surface area contributed by atoms with Gasteiger partial charge in [-0.05, 0) is 85.8 Å². The average Bonchev–Trinajstić information content (AvgIpc) is 3.63. The lowest BCUT2D eigenvalue weighted by Gasteiger charge is -2.43. The van der Waals surface area contributed by atoms with Gasteiger partial charge < -0.3 is 0 Å². The highest BCUT2D eigenvalue weighted by atomic mass is 32.2. The summed E-state index contributed by atoms with van der Waals surface area (Å²) < 4.78 is 2.72. The summed E-state index contributed by atoms with van der Waals surface area (Å²) in [4.78, 5) is 4.17. The first kappa shape index (κ1) is 33.4. The second-order valence-electron chi connectivity index (χ2n) is 17.6. The standard InChI is InChI=1S/C49H51N3S/c1-32-17-18-33-19-22-38-37-23-20-35(46(2)25-11-7-12-26-46)29-41(37)52(44(38)39(33)28-32)45-50-40(34-14-8-6-9-15-34)31-48(4,51-45)36-21-24-42-47(3)27-13-10-16-43(47)53-49(42,5)30-36/h7-8,10-25,27,29,32,43,45,51H,6,9,26,28,30-31H2,1-5H3/p+1. The molecule has 7 unspecified atom stereocenters. The van der Waals surface area contributed by atoms with Crippen LogP contribution in [0.2, 0.25) is 0 Å². The maximum absolute atomic E-state index is 4.35. The average molecular weight is 715 g/mol. The van der Waals surface area contributed by atoms with Gasteiger partial charge in [-0.1, -0.05) is 136 Å². The molecule has 1 fully saturated rings. The summed E-state index contributed by atoms with van der Waals surface area (Å²) in [6.07, 6.45) is 41.5. The SMILES string of the molecule is CC1C=Cc2ccc3c4ccc(C5(C)C=CC=CC5)cc4n(C4NC(C)(C5=CC=C6C(C)(C5)SC5C=CC=CC65C)CC(C5=CCCC=C5)=[NH+]4)c3c2C1. The van der Waals surface area contributed by atoms with Gasteiger partial charge >= 0.3 is 0 Å². The number of hydrogen-bond acceptors (Lipinski definition) is 2. The first-order valence-electron chi connectivity index (χ1n) is 19.9. The Morgan fingerprint density at radius 3 is 2.57 bits per heavy atom. The summed E-state index contributed by atoms with van der Waals surface area (Å²) >= 11 is 2.17. The maximum atomic E-state index is 4.35. The summed E-state index contributed by atoms with van der Waals surface area (Å²) in [5.74, 6) is 0.499. The first-order chi connectivity index (χ1) is 25.6. The minimum atomic E-state index is -0.255. The molecule has 0 radical (unpaired) electrons. The van der Waals surface area contributed by atoms with Crippen LogP contribution in [0.1, 0.15) is 89.7 Å². The van der Waals surface area contributed by atoms with E-state index in [1.54, 1.807) is 5.57 Å². The summed E-state index contributed by atoms with van der Waals surface area (Å²) in [5.41, 5.74) is 12.4. The molecule has 3 heterocycles. The van der Waals surface area contributed by atoms with Gasteiger partial charge in [0.05, 0.1) is 23.0 Å². The van der Waals surface area contributed by atoms with Gasteiger partial charge in [0.25, 0.3) is 6.29 Å². The second-order valence-corrected chi connectivity index (χ2v) is 19.3. The molecule has 2 aromatic carbocycles. The predicted octanol–water partition coefficient (Wildman–Crippen LogP) is 10.0. The van der Waals surface area contributed by atoms with Crippen LogP contribution in [0.15, 0.2) is 132 Å². The smallest absolute Gasteiger partial charge is 0.269 e. The number of fused-ring (bicyclic) bond motifs is 8. The third-order valence-corrected chi connectivity index (χ3v) is 15.5. The molecule has 53 heavy (non-hydrogen) atoms. The van der Waals surface area contributed by atoms with Crippen LogP contribution in [0.5, 0.6) is 0 Å². The van der Waals surface area contributed by atoms with Crippen molar-refractivity contribution in [2.24, 2.45) is 11.3 Å². The van der Waals surface area contributed by atoms with E-state index in [2.05, 4.69) is 183 Å². The number of thioether (sulfide) groups is 1. The van der Waals surface area contributed by atoms with E-state index in [9.17, 15) is 0 Å². The molecular weight excluding hydrogens is 663 g/mol. The van der Waals surface area contributed by atoms with Crippen LogP contribution in [-0.4, -0.2) is 25.8 Å². The van der Waals surface area contributed by atoms with Crippen LogP contribution in [0.25, 0.3) is 27.9 Å². The summed E-state index contributed by atoms with van der Waals surface area (Å²) in [6, 6.07) is 12.0. The Balaban J connectivity index is 1.17. The first-order valence-corrected chi connectivity index (χ1v) is 20.8. The molecule has 10 rings (SSSR count). The highest BCUT2D eigenvalue weighted by Crippen LogP contribution is 2.63. The Morgan fingerprint density at radius 1 is 0.868 bits per heavy atom. The van der Waals surface area contributed by atoms with Crippen LogP contribution in [0.4, 0.5) is 0 Å². The number of nitrogens with one attached hydrogen (secondary N) is 2. The Hall–Kier alpha value is -4.12. The minimum absolute atomic E-state index is 0.0403. The molecule has 0 amide bonds. The molecule has 3 nitrogen and oxygen atoms in total. The molecule has 4 heteroatoms. The molecule has 1 saturated heterocycles. The molecular formula is C49H52N3S+. The maximum Gasteiger partial charge on any atom is 0.291 e. The Kier molecular flexibility index (Phi) is 7.54. The van der Waals surface area contributed by atoms with Gasteiger partial charge in [-0.2, -0.15) is 0 Å². The van der Waals surface area contributed by atoms with Crippen molar-refractivity contribution in [1.82, 2.24) is 9.88 Å². The summed E-state index contributed by atoms with van der Waals surface area (Å²) in [6.45, 7) is 12.2. The zero-order chi connectivity index (χ0) is 36.2. The quantitative estimate of drug-likeness (QED) is 0.282. The lowest BCUT2D eigenvalue weighted by molar-refractivity contribution is -0.547. The Bertz CT molecular complexity index is 2400. The number of nitrogens with zero attached hydrogens (tertiary/aromatic N) is 1. The molecule has 1 aromatic heterocycles. The van der Waals surface area contributed by atoms with E-state index in [1.165, 1.54) is 55.4 Å². The third kappa shape index (κ3) is 5.15. The molecule has 7 aliphatic rings. The molecule has 3 aromatic rings. The van der Waals surface area contributed by atoms with E-state index in [1.807, 2.05) is 0 Å². The number of rotatable bonds is 4. The van der Waals surface area contributed by atoms with Crippen LogP contribution >= 0.6 is 11.8 Å². The normalized spacial score (nSPS) is 35.5. The molecule has 2 N–H and O–H groups in total. The topological polar surface area (TPSA) is 30.9 Å². The highest BCUT2D eigenvalue weighted by molar-refractivity contribution is 8.02. The van der Waals surface area contributed by atoms with E-state index >= 15 is 0 Å². The van der Waals surface area contributed by atoms with E-state index in [-0.39, 0.29) is 27.4 Å². The van der Waals surface area contributed by atoms with E-state index in [0.29, 0.717) is 11.2 Å². The van der Waals surface area contributed by atoms with E-state index in [0.717, 1.165) is 38.5 Å². The van der Waals surface area contributed by atoms with Crippen LogP contribution < -0.4 is 10.3 Å². The van der Waals surface area contributed by atoms with Gasteiger partial charge in [-0.15, -0.1) is 11.8 Å². The van der Waals surface area contributed by atoms with Crippen molar-refractivity contribution in [2.45, 2.75) is 100 Å². The van der Waals surface area contributed by atoms with Crippen molar-refractivity contribution < 1.29 is 4.99 Å². The number of allylic oxidation sites excluding steroid dienone is 14. The van der Waals surface area contributed by atoms with Crippen LogP contribution in [-0.2, 0) is 11.8 Å². The van der Waals surface area contributed by atoms with Gasteiger partial charge in [0, 0.05) is 37.2 Å². The fourth-order valence-corrected chi connectivity index (χ4v) is 12.5. The Morgan fingerprint density at radius 2 is 1.74 bits per heavy atom. The highest BCUT2D eigenvalue weighted by Gasteiger charge is 2.56. The summed E-state index contributed by atoms with van der Waals surface area (Å²) in [7, 11) is 0. The largest absolute Gasteiger partial charge is 0.291 e. The van der Waals surface area contributed by atoms with Crippen LogP contribution in [0, 0.1) is 11.3 Å². The van der Waals surface area contributed by atoms with Gasteiger partial charge in [-0.25, -0.2) is 10.3 Å². The fourth-order valence-electron chi connectivity index (χ4n) is 10.6.